The third-order valence-corrected chi connectivity index (χ3v) is 4.84. The van der Waals surface area contributed by atoms with Crippen molar-refractivity contribution in [1.29, 1.82) is 0 Å². The Morgan fingerprint density at radius 3 is 2.65 bits per heavy atom. The molecule has 0 saturated carbocycles. The van der Waals surface area contributed by atoms with Gasteiger partial charge >= 0.3 is 11.9 Å². The summed E-state index contributed by atoms with van der Waals surface area (Å²) in [5, 5.41) is 12.7. The molecule has 0 saturated heterocycles. The summed E-state index contributed by atoms with van der Waals surface area (Å²) in [7, 11) is 0. The normalized spacial score (nSPS) is 17.7. The molecule has 0 amide bonds. The van der Waals surface area contributed by atoms with Gasteiger partial charge in [0.2, 0.25) is 0 Å². The number of benzene rings is 2. The van der Waals surface area contributed by atoms with Crippen LogP contribution in [0.2, 0.25) is 0 Å². The molecule has 0 aromatic heterocycles. The molecule has 1 aliphatic rings. The standard InChI is InChI=1S/C21H23NO4/c1-4-26-20(25)15-8-9-17-16(11-15)21(2,3)12-18(22-17)13-6-5-7-14(10-13)19(23)24/h5-11,18,22H,4,12H2,1-3H3,(H,23,24). The second kappa shape index (κ2) is 6.83. The van der Waals surface area contributed by atoms with Crippen molar-refractivity contribution in [2.75, 3.05) is 11.9 Å². The Morgan fingerprint density at radius 2 is 1.96 bits per heavy atom. The zero-order chi connectivity index (χ0) is 18.9. The Bertz CT molecular complexity index is 857. The van der Waals surface area contributed by atoms with Gasteiger partial charge in [0.25, 0.3) is 0 Å². The van der Waals surface area contributed by atoms with Gasteiger partial charge in [0.15, 0.2) is 0 Å². The number of carbonyl (C=O) groups is 2. The zero-order valence-corrected chi connectivity index (χ0v) is 15.2. The number of esters is 1. The molecule has 136 valence electrons. The Morgan fingerprint density at radius 1 is 1.19 bits per heavy atom. The summed E-state index contributed by atoms with van der Waals surface area (Å²) >= 11 is 0. The van der Waals surface area contributed by atoms with Crippen LogP contribution in [-0.2, 0) is 10.2 Å². The lowest BCUT2D eigenvalue weighted by atomic mass is 9.73. The van der Waals surface area contributed by atoms with Gasteiger partial charge in [-0.25, -0.2) is 9.59 Å². The molecule has 1 atom stereocenters. The molecule has 2 N–H and O–H groups in total. The van der Waals surface area contributed by atoms with Crippen LogP contribution in [0.4, 0.5) is 5.69 Å². The SMILES string of the molecule is CCOC(=O)c1ccc2c(c1)C(C)(C)CC(c1cccc(C(=O)O)c1)N2. The summed E-state index contributed by atoms with van der Waals surface area (Å²) < 4.78 is 5.10. The van der Waals surface area contributed by atoms with Crippen molar-refractivity contribution in [1.82, 2.24) is 0 Å². The number of hydrogen-bond donors (Lipinski definition) is 2. The van der Waals surface area contributed by atoms with E-state index in [4.69, 9.17) is 4.74 Å². The minimum absolute atomic E-state index is 0.00485. The van der Waals surface area contributed by atoms with Gasteiger partial charge in [0.05, 0.1) is 23.8 Å². The number of ether oxygens (including phenoxy) is 1. The fourth-order valence-corrected chi connectivity index (χ4v) is 3.52. The van der Waals surface area contributed by atoms with E-state index in [0.717, 1.165) is 23.2 Å². The molecule has 0 radical (unpaired) electrons. The first-order valence-corrected chi connectivity index (χ1v) is 8.73. The second-order valence-corrected chi connectivity index (χ2v) is 7.20. The lowest BCUT2D eigenvalue weighted by molar-refractivity contribution is 0.0525. The first-order chi connectivity index (χ1) is 12.3. The third kappa shape index (κ3) is 3.43. The van der Waals surface area contributed by atoms with Gasteiger partial charge in [0.1, 0.15) is 0 Å². The Hall–Kier alpha value is -2.82. The van der Waals surface area contributed by atoms with Gasteiger partial charge in [-0.15, -0.1) is 0 Å². The summed E-state index contributed by atoms with van der Waals surface area (Å²) in [5.41, 5.74) is 3.62. The molecular formula is C21H23NO4. The summed E-state index contributed by atoms with van der Waals surface area (Å²) in [5.74, 6) is -1.25. The first-order valence-electron chi connectivity index (χ1n) is 8.73. The van der Waals surface area contributed by atoms with E-state index in [1.165, 1.54) is 0 Å². The van der Waals surface area contributed by atoms with Crippen LogP contribution in [-0.4, -0.2) is 23.7 Å². The van der Waals surface area contributed by atoms with Crippen LogP contribution in [0.15, 0.2) is 42.5 Å². The summed E-state index contributed by atoms with van der Waals surface area (Å²) in [4.78, 5) is 23.3. The van der Waals surface area contributed by atoms with E-state index < -0.39 is 5.97 Å². The Kier molecular flexibility index (Phi) is 4.72. The highest BCUT2D eigenvalue weighted by atomic mass is 16.5. The van der Waals surface area contributed by atoms with Crippen molar-refractivity contribution >= 4 is 17.6 Å². The highest BCUT2D eigenvalue weighted by Crippen LogP contribution is 2.44. The molecule has 0 spiro atoms. The predicted molar refractivity (Wildman–Crippen MR) is 99.8 cm³/mol. The summed E-state index contributed by atoms with van der Waals surface area (Å²) in [6.45, 7) is 6.41. The molecule has 5 nitrogen and oxygen atoms in total. The van der Waals surface area contributed by atoms with Gasteiger partial charge in [-0.3, -0.25) is 0 Å². The molecule has 5 heteroatoms. The predicted octanol–water partition coefficient (Wildman–Crippen LogP) is 4.40. The van der Waals surface area contributed by atoms with Crippen LogP contribution < -0.4 is 5.32 Å². The minimum atomic E-state index is -0.929. The maximum absolute atomic E-state index is 12.0. The Labute approximate surface area is 153 Å². The van der Waals surface area contributed by atoms with E-state index in [-0.39, 0.29) is 23.0 Å². The van der Waals surface area contributed by atoms with Gasteiger partial charge in [-0.05, 0) is 60.2 Å². The van der Waals surface area contributed by atoms with Crippen LogP contribution >= 0.6 is 0 Å². The average molecular weight is 353 g/mol. The van der Waals surface area contributed by atoms with Crippen LogP contribution in [0.25, 0.3) is 0 Å². The van der Waals surface area contributed by atoms with Crippen LogP contribution in [0, 0.1) is 0 Å². The van der Waals surface area contributed by atoms with Gasteiger partial charge in [-0.2, -0.15) is 0 Å². The van der Waals surface area contributed by atoms with Crippen molar-refractivity contribution in [3.63, 3.8) is 0 Å². The van der Waals surface area contributed by atoms with Crippen molar-refractivity contribution < 1.29 is 19.4 Å². The van der Waals surface area contributed by atoms with E-state index in [1.807, 2.05) is 18.2 Å². The number of aromatic carboxylic acids is 1. The number of rotatable bonds is 4. The molecule has 1 heterocycles. The van der Waals surface area contributed by atoms with Crippen molar-refractivity contribution in [2.45, 2.75) is 38.6 Å². The lowest BCUT2D eigenvalue weighted by Gasteiger charge is -2.39. The van der Waals surface area contributed by atoms with E-state index in [0.29, 0.717) is 12.2 Å². The molecule has 0 fully saturated rings. The molecule has 0 aliphatic carbocycles. The lowest BCUT2D eigenvalue weighted by Crippen LogP contribution is -2.31. The molecule has 0 bridgehead atoms. The van der Waals surface area contributed by atoms with Gasteiger partial charge < -0.3 is 15.2 Å². The number of carboxylic acids is 1. The first kappa shape index (κ1) is 18.0. The number of anilines is 1. The van der Waals surface area contributed by atoms with Crippen molar-refractivity contribution in [3.8, 4) is 0 Å². The summed E-state index contributed by atoms with van der Waals surface area (Å²) in [6.07, 6.45) is 0.787. The van der Waals surface area contributed by atoms with Gasteiger partial charge in [-0.1, -0.05) is 26.0 Å². The number of carbonyl (C=O) groups excluding carboxylic acids is 1. The van der Waals surface area contributed by atoms with E-state index in [2.05, 4.69) is 19.2 Å². The van der Waals surface area contributed by atoms with Crippen LogP contribution in [0.5, 0.6) is 0 Å². The Balaban J connectivity index is 1.95. The number of hydrogen-bond acceptors (Lipinski definition) is 4. The van der Waals surface area contributed by atoms with E-state index in [9.17, 15) is 14.7 Å². The van der Waals surface area contributed by atoms with Crippen LogP contribution in [0.3, 0.4) is 0 Å². The maximum atomic E-state index is 12.0. The number of nitrogens with one attached hydrogen (secondary N) is 1. The second-order valence-electron chi connectivity index (χ2n) is 7.20. The fraction of sp³-hybridized carbons (Fsp3) is 0.333. The monoisotopic (exact) mass is 353 g/mol. The van der Waals surface area contributed by atoms with E-state index in [1.54, 1.807) is 31.2 Å². The molecular weight excluding hydrogens is 330 g/mol. The number of carboxylic acid groups (broad SMARTS) is 1. The molecule has 2 aromatic rings. The summed E-state index contributed by atoms with van der Waals surface area (Å²) in [6, 6.07) is 12.6. The topological polar surface area (TPSA) is 75.6 Å². The van der Waals surface area contributed by atoms with Crippen LogP contribution in [0.1, 0.15) is 65.1 Å². The number of fused-ring (bicyclic) bond motifs is 1. The maximum Gasteiger partial charge on any atom is 0.338 e. The largest absolute Gasteiger partial charge is 0.478 e. The molecule has 1 unspecified atom stereocenters. The average Bonchev–Trinajstić information content (AvgIpc) is 2.61. The molecule has 2 aromatic carbocycles. The van der Waals surface area contributed by atoms with Crippen molar-refractivity contribution in [2.24, 2.45) is 0 Å². The zero-order valence-electron chi connectivity index (χ0n) is 15.2. The smallest absolute Gasteiger partial charge is 0.338 e. The molecule has 3 rings (SSSR count). The van der Waals surface area contributed by atoms with Gasteiger partial charge in [0, 0.05) is 5.69 Å². The molecule has 1 aliphatic heterocycles. The fourth-order valence-electron chi connectivity index (χ4n) is 3.52. The third-order valence-electron chi connectivity index (χ3n) is 4.84. The highest BCUT2D eigenvalue weighted by molar-refractivity contribution is 5.90. The molecule has 26 heavy (non-hydrogen) atoms. The highest BCUT2D eigenvalue weighted by Gasteiger charge is 2.34. The van der Waals surface area contributed by atoms with E-state index >= 15 is 0 Å². The van der Waals surface area contributed by atoms with Crippen molar-refractivity contribution in [3.05, 3.63) is 64.7 Å². The quantitative estimate of drug-likeness (QED) is 0.797. The minimum Gasteiger partial charge on any atom is -0.478 e.